The highest BCUT2D eigenvalue weighted by Crippen LogP contribution is 2.30. The van der Waals surface area contributed by atoms with Crippen molar-refractivity contribution in [3.05, 3.63) is 23.7 Å². The Bertz CT molecular complexity index is 271. The lowest BCUT2D eigenvalue weighted by Crippen LogP contribution is -2.12. The Morgan fingerprint density at radius 3 is 1.38 bits per heavy atom. The Hall–Kier alpha value is -0.720. The van der Waals surface area contributed by atoms with E-state index in [1.165, 1.54) is 62.9 Å². The number of rotatable bonds is 12. The molecule has 1 heteroatoms. The quantitative estimate of drug-likeness (QED) is 0.345. The molecule has 124 valence electrons. The van der Waals surface area contributed by atoms with Gasteiger partial charge in [0.05, 0.1) is 0 Å². The Morgan fingerprint density at radius 1 is 0.762 bits per heavy atom. The van der Waals surface area contributed by atoms with Crippen LogP contribution in [0, 0.1) is 11.8 Å². The monoisotopic (exact) mass is 294 g/mol. The molecule has 2 unspecified atom stereocenters. The molecule has 0 aliphatic heterocycles. The third-order valence-corrected chi connectivity index (χ3v) is 4.41. The van der Waals surface area contributed by atoms with Crippen LogP contribution in [-0.2, 0) is 4.74 Å². The summed E-state index contributed by atoms with van der Waals surface area (Å²) in [5.74, 6) is 3.53. The zero-order chi connectivity index (χ0) is 16.1. The maximum absolute atomic E-state index is 6.37. The normalized spacial score (nSPS) is 15.9. The highest BCUT2D eigenvalue weighted by atomic mass is 16.5. The number of allylic oxidation sites excluding steroid dienone is 4. The van der Waals surface area contributed by atoms with Gasteiger partial charge in [-0.15, -0.1) is 0 Å². The molecule has 0 saturated carbocycles. The van der Waals surface area contributed by atoms with Crippen LogP contribution in [0.3, 0.4) is 0 Å². The van der Waals surface area contributed by atoms with Crippen LogP contribution in [0.1, 0.15) is 92.9 Å². The molecule has 0 N–H and O–H groups in total. The van der Waals surface area contributed by atoms with Gasteiger partial charge in [0.2, 0.25) is 0 Å². The first-order valence-corrected chi connectivity index (χ1v) is 9.18. The van der Waals surface area contributed by atoms with E-state index in [4.69, 9.17) is 4.74 Å². The van der Waals surface area contributed by atoms with Crippen LogP contribution >= 0.6 is 0 Å². The SMILES string of the molecule is CC=C(OC(=CC)C(CC)CCCC)C(CC)CCCC. The van der Waals surface area contributed by atoms with Gasteiger partial charge >= 0.3 is 0 Å². The van der Waals surface area contributed by atoms with Crippen LogP contribution in [0.2, 0.25) is 0 Å². The molecule has 0 fully saturated rings. The average molecular weight is 295 g/mol. The van der Waals surface area contributed by atoms with E-state index in [0.29, 0.717) is 11.8 Å². The fraction of sp³-hybridized carbons (Fsp3) is 0.800. The third kappa shape index (κ3) is 7.74. The molecule has 0 rings (SSSR count). The summed E-state index contributed by atoms with van der Waals surface area (Å²) < 4.78 is 6.37. The summed E-state index contributed by atoms with van der Waals surface area (Å²) in [5.41, 5.74) is 0. The molecule has 0 heterocycles. The molecule has 0 aromatic carbocycles. The van der Waals surface area contributed by atoms with E-state index in [1.807, 2.05) is 0 Å². The fourth-order valence-corrected chi connectivity index (χ4v) is 2.89. The van der Waals surface area contributed by atoms with Gasteiger partial charge in [-0.1, -0.05) is 53.4 Å². The summed E-state index contributed by atoms with van der Waals surface area (Å²) in [4.78, 5) is 0. The Labute approximate surface area is 133 Å². The Balaban J connectivity index is 4.81. The highest BCUT2D eigenvalue weighted by molar-refractivity contribution is 5.06. The van der Waals surface area contributed by atoms with Crippen LogP contribution in [0.25, 0.3) is 0 Å². The standard InChI is InChI=1S/C20H38O/c1-7-13-15-17(9-3)19(11-5)21-20(12-6)18(10-4)16-14-8-2/h11-12,17-18H,7-10,13-16H2,1-6H3. The number of unbranched alkanes of at least 4 members (excludes halogenated alkanes) is 2. The number of hydrogen-bond donors (Lipinski definition) is 0. The predicted octanol–water partition coefficient (Wildman–Crippen LogP) is 7.24. The van der Waals surface area contributed by atoms with Crippen LogP contribution < -0.4 is 0 Å². The molecule has 21 heavy (non-hydrogen) atoms. The first-order valence-electron chi connectivity index (χ1n) is 9.18. The molecule has 0 radical (unpaired) electrons. The van der Waals surface area contributed by atoms with E-state index >= 15 is 0 Å². The fourth-order valence-electron chi connectivity index (χ4n) is 2.89. The largest absolute Gasteiger partial charge is 0.466 e. The van der Waals surface area contributed by atoms with Gasteiger partial charge in [0.25, 0.3) is 0 Å². The molecule has 1 nitrogen and oxygen atoms in total. The molecule has 0 amide bonds. The second-order valence-electron chi connectivity index (χ2n) is 5.98. The molecule has 0 aliphatic carbocycles. The van der Waals surface area contributed by atoms with Gasteiger partial charge in [-0.25, -0.2) is 0 Å². The number of hydrogen-bond acceptors (Lipinski definition) is 1. The van der Waals surface area contributed by atoms with Gasteiger partial charge < -0.3 is 4.74 Å². The Morgan fingerprint density at radius 2 is 1.14 bits per heavy atom. The maximum Gasteiger partial charge on any atom is 0.102 e. The van der Waals surface area contributed by atoms with Gasteiger partial charge in [-0.05, 0) is 51.7 Å². The smallest absolute Gasteiger partial charge is 0.102 e. The van der Waals surface area contributed by atoms with E-state index < -0.39 is 0 Å². The molecule has 0 aliphatic rings. The van der Waals surface area contributed by atoms with E-state index in [-0.39, 0.29) is 0 Å². The summed E-state index contributed by atoms with van der Waals surface area (Å²) in [5, 5.41) is 0. The zero-order valence-electron chi connectivity index (χ0n) is 15.4. The summed E-state index contributed by atoms with van der Waals surface area (Å²) >= 11 is 0. The van der Waals surface area contributed by atoms with Crippen molar-refractivity contribution in [2.24, 2.45) is 11.8 Å². The molecule has 0 spiro atoms. The Kier molecular flexibility index (Phi) is 12.5. The third-order valence-electron chi connectivity index (χ3n) is 4.41. The van der Waals surface area contributed by atoms with Gasteiger partial charge in [0.15, 0.2) is 0 Å². The van der Waals surface area contributed by atoms with E-state index in [2.05, 4.69) is 53.7 Å². The lowest BCUT2D eigenvalue weighted by molar-refractivity contribution is 0.199. The molecule has 0 aromatic rings. The van der Waals surface area contributed by atoms with Gasteiger partial charge in [-0.3, -0.25) is 0 Å². The second-order valence-corrected chi connectivity index (χ2v) is 5.98. The molecule has 2 atom stereocenters. The van der Waals surface area contributed by atoms with Crippen molar-refractivity contribution in [2.45, 2.75) is 92.9 Å². The highest BCUT2D eigenvalue weighted by Gasteiger charge is 2.18. The van der Waals surface area contributed by atoms with E-state index in [9.17, 15) is 0 Å². The lowest BCUT2D eigenvalue weighted by atomic mass is 9.95. The maximum atomic E-state index is 6.37. The van der Waals surface area contributed by atoms with Crippen molar-refractivity contribution in [3.8, 4) is 0 Å². The number of ether oxygens (including phenoxy) is 1. The van der Waals surface area contributed by atoms with Gasteiger partial charge in [0, 0.05) is 11.8 Å². The molecule has 0 saturated heterocycles. The van der Waals surface area contributed by atoms with E-state index in [0.717, 1.165) is 0 Å². The second kappa shape index (κ2) is 13.0. The van der Waals surface area contributed by atoms with Crippen molar-refractivity contribution >= 4 is 0 Å². The molecule has 0 bridgehead atoms. The van der Waals surface area contributed by atoms with Crippen molar-refractivity contribution in [1.29, 1.82) is 0 Å². The van der Waals surface area contributed by atoms with E-state index in [1.54, 1.807) is 0 Å². The minimum absolute atomic E-state index is 0.577. The predicted molar refractivity (Wildman–Crippen MR) is 95.2 cm³/mol. The van der Waals surface area contributed by atoms with Crippen molar-refractivity contribution in [3.63, 3.8) is 0 Å². The van der Waals surface area contributed by atoms with Crippen LogP contribution in [0.4, 0.5) is 0 Å². The molecular formula is C20H38O. The van der Waals surface area contributed by atoms with Crippen LogP contribution in [0.15, 0.2) is 23.7 Å². The lowest BCUT2D eigenvalue weighted by Gasteiger charge is -2.25. The minimum Gasteiger partial charge on any atom is -0.466 e. The van der Waals surface area contributed by atoms with Crippen LogP contribution in [-0.4, -0.2) is 0 Å². The molecule has 0 aromatic heterocycles. The zero-order valence-corrected chi connectivity index (χ0v) is 15.4. The summed E-state index contributed by atoms with van der Waals surface area (Å²) in [6.07, 6.45) is 14.3. The van der Waals surface area contributed by atoms with Crippen molar-refractivity contribution < 1.29 is 4.74 Å². The minimum atomic E-state index is 0.577. The van der Waals surface area contributed by atoms with Gasteiger partial charge in [-0.2, -0.15) is 0 Å². The topological polar surface area (TPSA) is 9.23 Å². The van der Waals surface area contributed by atoms with Crippen molar-refractivity contribution in [2.75, 3.05) is 0 Å². The molecular weight excluding hydrogens is 256 g/mol. The first kappa shape index (κ1) is 20.3. The summed E-state index contributed by atoms with van der Waals surface area (Å²) in [6, 6.07) is 0. The summed E-state index contributed by atoms with van der Waals surface area (Å²) in [7, 11) is 0. The summed E-state index contributed by atoms with van der Waals surface area (Å²) in [6.45, 7) is 13.3. The average Bonchev–Trinajstić information content (AvgIpc) is 2.52. The van der Waals surface area contributed by atoms with Crippen LogP contribution in [0.5, 0.6) is 0 Å². The van der Waals surface area contributed by atoms with Gasteiger partial charge in [0.1, 0.15) is 11.5 Å². The van der Waals surface area contributed by atoms with Crippen molar-refractivity contribution in [1.82, 2.24) is 0 Å². The first-order chi connectivity index (χ1) is 10.2.